The largest absolute Gasteiger partial charge is 0.375 e. The average Bonchev–Trinajstić information content (AvgIpc) is 2.82. The highest BCUT2D eigenvalue weighted by Gasteiger charge is 2.31. The van der Waals surface area contributed by atoms with Crippen LogP contribution in [0.3, 0.4) is 0 Å². The first kappa shape index (κ1) is 10.4. The van der Waals surface area contributed by atoms with Gasteiger partial charge in [-0.3, -0.25) is 0 Å². The predicted octanol–water partition coefficient (Wildman–Crippen LogP) is 2.33. The normalized spacial score (nSPS) is 40.9. The Bertz CT molecular complexity index is 181. The topological polar surface area (TPSA) is 21.3 Å². The number of hydrogen-bond donors (Lipinski definition) is 1. The Labute approximate surface area is 87.4 Å². The highest BCUT2D eigenvalue weighted by Crippen LogP contribution is 2.33. The van der Waals surface area contributed by atoms with Gasteiger partial charge in [0.05, 0.1) is 12.2 Å². The summed E-state index contributed by atoms with van der Waals surface area (Å²) in [6, 6.07) is 1.40. The molecule has 3 unspecified atom stereocenters. The molecule has 2 nitrogen and oxygen atoms in total. The second kappa shape index (κ2) is 4.19. The molecule has 1 saturated heterocycles. The molecule has 2 heteroatoms. The van der Waals surface area contributed by atoms with Crippen LogP contribution in [0, 0.1) is 5.92 Å². The van der Waals surface area contributed by atoms with Gasteiger partial charge in [-0.25, -0.2) is 0 Å². The van der Waals surface area contributed by atoms with Crippen molar-refractivity contribution in [3.63, 3.8) is 0 Å². The lowest BCUT2D eigenvalue weighted by atomic mass is 9.98. The number of hydrogen-bond acceptors (Lipinski definition) is 2. The zero-order chi connectivity index (χ0) is 10.1. The third-order valence-electron chi connectivity index (χ3n) is 3.53. The van der Waals surface area contributed by atoms with Gasteiger partial charge in [0, 0.05) is 12.1 Å². The molecule has 1 N–H and O–H groups in total. The second-order valence-corrected chi connectivity index (χ2v) is 5.22. The molecule has 0 aromatic rings. The summed E-state index contributed by atoms with van der Waals surface area (Å²) >= 11 is 0. The van der Waals surface area contributed by atoms with E-state index in [4.69, 9.17) is 4.74 Å². The van der Waals surface area contributed by atoms with Crippen molar-refractivity contribution in [2.75, 3.05) is 0 Å². The third kappa shape index (κ3) is 2.71. The Morgan fingerprint density at radius 3 is 2.21 bits per heavy atom. The molecule has 0 aromatic carbocycles. The van der Waals surface area contributed by atoms with E-state index in [2.05, 4.69) is 26.1 Å². The van der Waals surface area contributed by atoms with Crippen LogP contribution in [0.4, 0.5) is 0 Å². The van der Waals surface area contributed by atoms with E-state index in [0.29, 0.717) is 18.2 Å². The van der Waals surface area contributed by atoms with Crippen LogP contribution < -0.4 is 5.32 Å². The summed E-state index contributed by atoms with van der Waals surface area (Å²) in [6.07, 6.45) is 6.10. The molecule has 82 valence electrons. The van der Waals surface area contributed by atoms with Gasteiger partial charge in [-0.2, -0.15) is 0 Å². The summed E-state index contributed by atoms with van der Waals surface area (Å²) in [4.78, 5) is 0. The molecule has 1 heterocycles. The number of ether oxygens (including phenoxy) is 1. The van der Waals surface area contributed by atoms with E-state index in [1.807, 2.05) is 0 Å². The highest BCUT2D eigenvalue weighted by molar-refractivity contribution is 4.88. The molecule has 1 aliphatic carbocycles. The standard InChI is InChI=1S/C12H23NO/c1-8-6-12(7-9(2)14-8)13-10(3)11-4-5-11/h8-13H,4-7H2,1-3H3. The van der Waals surface area contributed by atoms with Crippen molar-refractivity contribution in [1.82, 2.24) is 5.32 Å². The summed E-state index contributed by atoms with van der Waals surface area (Å²) < 4.78 is 5.73. The van der Waals surface area contributed by atoms with E-state index in [1.54, 1.807) is 0 Å². The van der Waals surface area contributed by atoms with Crippen LogP contribution in [0.5, 0.6) is 0 Å². The van der Waals surface area contributed by atoms with Crippen LogP contribution in [-0.2, 0) is 4.74 Å². The van der Waals surface area contributed by atoms with Crippen molar-refractivity contribution in [3.8, 4) is 0 Å². The van der Waals surface area contributed by atoms with Crippen molar-refractivity contribution in [3.05, 3.63) is 0 Å². The lowest BCUT2D eigenvalue weighted by Gasteiger charge is -2.34. The van der Waals surface area contributed by atoms with E-state index in [0.717, 1.165) is 12.0 Å². The first-order valence-electron chi connectivity index (χ1n) is 6.06. The van der Waals surface area contributed by atoms with Crippen LogP contribution in [0.15, 0.2) is 0 Å². The van der Waals surface area contributed by atoms with Crippen LogP contribution in [0.1, 0.15) is 46.5 Å². The van der Waals surface area contributed by atoms with Gasteiger partial charge in [-0.1, -0.05) is 0 Å². The zero-order valence-electron chi connectivity index (χ0n) is 9.62. The van der Waals surface area contributed by atoms with Gasteiger partial charge >= 0.3 is 0 Å². The van der Waals surface area contributed by atoms with E-state index in [-0.39, 0.29) is 0 Å². The molecule has 2 aliphatic rings. The van der Waals surface area contributed by atoms with E-state index in [9.17, 15) is 0 Å². The first-order valence-corrected chi connectivity index (χ1v) is 6.06. The van der Waals surface area contributed by atoms with Crippen LogP contribution in [0.25, 0.3) is 0 Å². The van der Waals surface area contributed by atoms with Crippen LogP contribution in [-0.4, -0.2) is 24.3 Å². The quantitative estimate of drug-likeness (QED) is 0.750. The van der Waals surface area contributed by atoms with Crippen LogP contribution >= 0.6 is 0 Å². The maximum Gasteiger partial charge on any atom is 0.0565 e. The van der Waals surface area contributed by atoms with Crippen molar-refractivity contribution in [1.29, 1.82) is 0 Å². The minimum atomic E-state index is 0.433. The van der Waals surface area contributed by atoms with Gasteiger partial charge < -0.3 is 10.1 Å². The van der Waals surface area contributed by atoms with Gasteiger partial charge in [0.1, 0.15) is 0 Å². The molecule has 1 aliphatic heterocycles. The van der Waals surface area contributed by atoms with Gasteiger partial charge in [-0.15, -0.1) is 0 Å². The van der Waals surface area contributed by atoms with E-state index < -0.39 is 0 Å². The minimum Gasteiger partial charge on any atom is -0.375 e. The Kier molecular flexibility index (Phi) is 3.13. The summed E-state index contributed by atoms with van der Waals surface area (Å²) in [5, 5.41) is 3.76. The third-order valence-corrected chi connectivity index (χ3v) is 3.53. The Hall–Kier alpha value is -0.0800. The summed E-state index contributed by atoms with van der Waals surface area (Å²) in [7, 11) is 0. The molecule has 14 heavy (non-hydrogen) atoms. The molecule has 0 spiro atoms. The minimum absolute atomic E-state index is 0.433. The second-order valence-electron chi connectivity index (χ2n) is 5.22. The average molecular weight is 197 g/mol. The molecule has 0 amide bonds. The highest BCUT2D eigenvalue weighted by atomic mass is 16.5. The molecule has 3 atom stereocenters. The predicted molar refractivity (Wildman–Crippen MR) is 58.4 cm³/mol. The van der Waals surface area contributed by atoms with Crippen LogP contribution in [0.2, 0.25) is 0 Å². The van der Waals surface area contributed by atoms with E-state index in [1.165, 1.54) is 25.7 Å². The lowest BCUT2D eigenvalue weighted by Crippen LogP contribution is -2.45. The SMILES string of the molecule is CC1CC(NC(C)C2CC2)CC(C)O1. The van der Waals surface area contributed by atoms with E-state index >= 15 is 0 Å². The molecular weight excluding hydrogens is 174 g/mol. The smallest absolute Gasteiger partial charge is 0.0565 e. The van der Waals surface area contributed by atoms with Crippen molar-refractivity contribution < 1.29 is 4.74 Å². The molecule has 2 rings (SSSR count). The number of nitrogens with one attached hydrogen (secondary N) is 1. The summed E-state index contributed by atoms with van der Waals surface area (Å²) in [6.45, 7) is 6.71. The number of rotatable bonds is 3. The van der Waals surface area contributed by atoms with Crippen molar-refractivity contribution in [2.24, 2.45) is 5.92 Å². The van der Waals surface area contributed by atoms with Crippen molar-refractivity contribution >= 4 is 0 Å². The summed E-state index contributed by atoms with van der Waals surface area (Å²) in [5.74, 6) is 0.962. The molecule has 2 fully saturated rings. The van der Waals surface area contributed by atoms with Gasteiger partial charge in [0.25, 0.3) is 0 Å². The molecule has 0 aromatic heterocycles. The zero-order valence-corrected chi connectivity index (χ0v) is 9.62. The molecule has 0 radical (unpaired) electrons. The maximum absolute atomic E-state index is 5.73. The lowest BCUT2D eigenvalue weighted by molar-refractivity contribution is -0.0436. The fraction of sp³-hybridized carbons (Fsp3) is 1.00. The maximum atomic E-state index is 5.73. The summed E-state index contributed by atoms with van der Waals surface area (Å²) in [5.41, 5.74) is 0. The molecule has 0 bridgehead atoms. The molecular formula is C12H23NO. The first-order chi connectivity index (χ1) is 6.65. The monoisotopic (exact) mass is 197 g/mol. The molecule has 1 saturated carbocycles. The van der Waals surface area contributed by atoms with Gasteiger partial charge in [-0.05, 0) is 52.4 Å². The van der Waals surface area contributed by atoms with Gasteiger partial charge in [0.2, 0.25) is 0 Å². The van der Waals surface area contributed by atoms with Gasteiger partial charge in [0.15, 0.2) is 0 Å². The Morgan fingerprint density at radius 1 is 1.14 bits per heavy atom. The fourth-order valence-corrected chi connectivity index (χ4v) is 2.65. The Balaban J connectivity index is 1.78. The van der Waals surface area contributed by atoms with Crippen molar-refractivity contribution in [2.45, 2.75) is 70.7 Å². The Morgan fingerprint density at radius 2 is 1.71 bits per heavy atom. The fourth-order valence-electron chi connectivity index (χ4n) is 2.65.